The second-order valence-corrected chi connectivity index (χ2v) is 5.12. The highest BCUT2D eigenvalue weighted by molar-refractivity contribution is 5.85. The summed E-state index contributed by atoms with van der Waals surface area (Å²) in [6, 6.07) is 4.24. The largest absolute Gasteiger partial charge is 0.373 e. The number of fused-ring (bicyclic) bond motifs is 1. The van der Waals surface area contributed by atoms with Gasteiger partial charge in [-0.15, -0.1) is 24.8 Å². The lowest BCUT2D eigenvalue weighted by atomic mass is 10.1. The van der Waals surface area contributed by atoms with Gasteiger partial charge in [-0.25, -0.2) is 0 Å². The highest BCUT2D eigenvalue weighted by Gasteiger charge is 2.37. The third kappa shape index (κ3) is 4.54. The highest BCUT2D eigenvalue weighted by atomic mass is 35.5. The van der Waals surface area contributed by atoms with Gasteiger partial charge in [0.05, 0.1) is 18.8 Å². The molecule has 2 atom stereocenters. The first-order valence-electron chi connectivity index (χ1n) is 6.84. The van der Waals surface area contributed by atoms with Crippen molar-refractivity contribution in [1.29, 1.82) is 0 Å². The summed E-state index contributed by atoms with van der Waals surface area (Å²) < 4.78 is 5.68. The molecule has 5 nitrogen and oxygen atoms in total. The third-order valence-corrected chi connectivity index (χ3v) is 3.84. The predicted molar refractivity (Wildman–Crippen MR) is 85.2 cm³/mol. The molecule has 1 aromatic rings. The van der Waals surface area contributed by atoms with Crippen molar-refractivity contribution in [1.82, 2.24) is 15.2 Å². The first-order valence-corrected chi connectivity index (χ1v) is 6.84. The molecule has 1 N–H and O–H groups in total. The first-order chi connectivity index (χ1) is 9.33. The number of pyridine rings is 1. The van der Waals surface area contributed by atoms with Gasteiger partial charge in [-0.3, -0.25) is 9.78 Å². The molecule has 0 saturated carbocycles. The fourth-order valence-corrected chi connectivity index (χ4v) is 2.76. The molecule has 2 aliphatic heterocycles. The van der Waals surface area contributed by atoms with E-state index in [4.69, 9.17) is 4.74 Å². The molecule has 0 aromatic carbocycles. The number of aryl methyl sites for hydroxylation is 1. The van der Waals surface area contributed by atoms with Gasteiger partial charge in [0.2, 0.25) is 5.91 Å². The van der Waals surface area contributed by atoms with E-state index in [2.05, 4.69) is 10.3 Å². The Balaban J connectivity index is 0.00000110. The quantitative estimate of drug-likeness (QED) is 0.898. The Morgan fingerprint density at radius 3 is 2.81 bits per heavy atom. The topological polar surface area (TPSA) is 54.5 Å². The summed E-state index contributed by atoms with van der Waals surface area (Å²) in [5.41, 5.74) is 1.16. The maximum atomic E-state index is 12.2. The second-order valence-electron chi connectivity index (χ2n) is 5.12. The molecule has 2 saturated heterocycles. The second kappa shape index (κ2) is 8.54. The van der Waals surface area contributed by atoms with Crippen molar-refractivity contribution in [3.63, 3.8) is 0 Å². The number of likely N-dealkylation sites (tertiary alicyclic amines) is 1. The van der Waals surface area contributed by atoms with Crippen molar-refractivity contribution < 1.29 is 9.53 Å². The predicted octanol–water partition coefficient (Wildman–Crippen LogP) is 1.06. The van der Waals surface area contributed by atoms with Crippen LogP contribution in [0, 0.1) is 0 Å². The number of carbonyl (C=O) groups excluding carboxylic acids is 1. The van der Waals surface area contributed by atoms with Crippen LogP contribution >= 0.6 is 24.8 Å². The molecule has 2 fully saturated rings. The first kappa shape index (κ1) is 18.2. The summed E-state index contributed by atoms with van der Waals surface area (Å²) in [7, 11) is 0. The smallest absolute Gasteiger partial charge is 0.223 e. The SMILES string of the molecule is Cl.Cl.O=C(CCc1ccncc1)N1C[C@@H]2NCCO[C@H]2C1. The van der Waals surface area contributed by atoms with E-state index in [9.17, 15) is 4.79 Å². The number of carbonyl (C=O) groups is 1. The van der Waals surface area contributed by atoms with E-state index in [1.165, 1.54) is 0 Å². The van der Waals surface area contributed by atoms with Gasteiger partial charge < -0.3 is 15.0 Å². The Bertz CT molecular complexity index is 433. The number of nitrogens with zero attached hydrogens (tertiary/aromatic N) is 2. The Labute approximate surface area is 137 Å². The average Bonchev–Trinajstić information content (AvgIpc) is 2.90. The molecular weight excluding hydrogens is 313 g/mol. The van der Waals surface area contributed by atoms with Crippen LogP contribution in [-0.4, -0.2) is 54.2 Å². The molecule has 7 heteroatoms. The summed E-state index contributed by atoms with van der Waals surface area (Å²) in [6.07, 6.45) is 5.05. The fourth-order valence-electron chi connectivity index (χ4n) is 2.76. The lowest BCUT2D eigenvalue weighted by Crippen LogP contribution is -2.47. The Kier molecular flexibility index (Phi) is 7.39. The number of hydrogen-bond donors (Lipinski definition) is 1. The van der Waals surface area contributed by atoms with Crippen LogP contribution in [0.2, 0.25) is 0 Å². The van der Waals surface area contributed by atoms with Crippen molar-refractivity contribution in [3.8, 4) is 0 Å². The Hall–Kier alpha value is -0.880. The van der Waals surface area contributed by atoms with Crippen LogP contribution in [0.4, 0.5) is 0 Å². The molecule has 21 heavy (non-hydrogen) atoms. The Morgan fingerprint density at radius 2 is 2.10 bits per heavy atom. The van der Waals surface area contributed by atoms with Crippen LogP contribution in [0.5, 0.6) is 0 Å². The number of aromatic nitrogens is 1. The van der Waals surface area contributed by atoms with Gasteiger partial charge in [0.25, 0.3) is 0 Å². The summed E-state index contributed by atoms with van der Waals surface area (Å²) in [6.45, 7) is 3.15. The van der Waals surface area contributed by atoms with Gasteiger partial charge in [0.15, 0.2) is 0 Å². The number of rotatable bonds is 3. The zero-order chi connectivity index (χ0) is 13.1. The number of nitrogens with one attached hydrogen (secondary N) is 1. The van der Waals surface area contributed by atoms with Crippen molar-refractivity contribution in [2.75, 3.05) is 26.2 Å². The maximum absolute atomic E-state index is 12.2. The van der Waals surface area contributed by atoms with Gasteiger partial charge in [-0.1, -0.05) is 0 Å². The minimum absolute atomic E-state index is 0. The molecule has 1 amide bonds. The highest BCUT2D eigenvalue weighted by Crippen LogP contribution is 2.17. The molecule has 3 heterocycles. The summed E-state index contributed by atoms with van der Waals surface area (Å²) in [4.78, 5) is 18.1. The van der Waals surface area contributed by atoms with Crippen molar-refractivity contribution >= 4 is 30.7 Å². The number of ether oxygens (including phenoxy) is 1. The van der Waals surface area contributed by atoms with Crippen molar-refractivity contribution in [3.05, 3.63) is 30.1 Å². The lowest BCUT2D eigenvalue weighted by Gasteiger charge is -2.25. The molecule has 0 aliphatic carbocycles. The average molecular weight is 334 g/mol. The number of halogens is 2. The third-order valence-electron chi connectivity index (χ3n) is 3.84. The van der Waals surface area contributed by atoms with Crippen LogP contribution < -0.4 is 5.32 Å². The molecule has 118 valence electrons. The van der Waals surface area contributed by atoms with E-state index >= 15 is 0 Å². The molecule has 0 bridgehead atoms. The van der Waals surface area contributed by atoms with Crippen LogP contribution in [0.3, 0.4) is 0 Å². The monoisotopic (exact) mass is 333 g/mol. The van der Waals surface area contributed by atoms with E-state index in [1.54, 1.807) is 12.4 Å². The number of amides is 1. The molecule has 1 aromatic heterocycles. The normalized spacial score (nSPS) is 23.7. The molecule has 0 spiro atoms. The minimum Gasteiger partial charge on any atom is -0.373 e. The van der Waals surface area contributed by atoms with Crippen LogP contribution in [-0.2, 0) is 16.0 Å². The molecule has 0 unspecified atom stereocenters. The zero-order valence-electron chi connectivity index (χ0n) is 11.7. The van der Waals surface area contributed by atoms with Crippen molar-refractivity contribution in [2.24, 2.45) is 0 Å². The van der Waals surface area contributed by atoms with E-state index in [0.29, 0.717) is 12.5 Å². The van der Waals surface area contributed by atoms with Gasteiger partial charge in [0, 0.05) is 38.4 Å². The van der Waals surface area contributed by atoms with Gasteiger partial charge in [-0.2, -0.15) is 0 Å². The summed E-state index contributed by atoms with van der Waals surface area (Å²) in [5, 5.41) is 3.41. The van der Waals surface area contributed by atoms with Gasteiger partial charge in [0.1, 0.15) is 0 Å². The zero-order valence-corrected chi connectivity index (χ0v) is 13.4. The molecule has 0 radical (unpaired) electrons. The van der Waals surface area contributed by atoms with Crippen LogP contribution in [0.1, 0.15) is 12.0 Å². The number of hydrogen-bond acceptors (Lipinski definition) is 4. The van der Waals surface area contributed by atoms with Crippen LogP contribution in [0.15, 0.2) is 24.5 Å². The maximum Gasteiger partial charge on any atom is 0.223 e. The van der Waals surface area contributed by atoms with Gasteiger partial charge >= 0.3 is 0 Å². The minimum atomic E-state index is 0. The summed E-state index contributed by atoms with van der Waals surface area (Å²) in [5.74, 6) is 0.219. The fraction of sp³-hybridized carbons (Fsp3) is 0.571. The van der Waals surface area contributed by atoms with Crippen LogP contribution in [0.25, 0.3) is 0 Å². The molecule has 3 rings (SSSR count). The molecule has 2 aliphatic rings. The summed E-state index contributed by atoms with van der Waals surface area (Å²) >= 11 is 0. The van der Waals surface area contributed by atoms with Gasteiger partial charge in [-0.05, 0) is 24.1 Å². The lowest BCUT2D eigenvalue weighted by molar-refractivity contribution is -0.130. The number of morpholine rings is 1. The standard InChI is InChI=1S/C14H19N3O2.2ClH/c18-14(2-1-11-3-5-15-6-4-11)17-9-12-13(10-17)19-8-7-16-12;;/h3-6,12-13,16H,1-2,7-10H2;2*1H/t12-,13-;;/m0../s1. The van der Waals surface area contributed by atoms with E-state index < -0.39 is 0 Å². The van der Waals surface area contributed by atoms with Crippen molar-refractivity contribution in [2.45, 2.75) is 25.0 Å². The van der Waals surface area contributed by atoms with E-state index in [-0.39, 0.29) is 36.8 Å². The molecular formula is C14H21Cl2N3O2. The Morgan fingerprint density at radius 1 is 1.33 bits per heavy atom. The van der Waals surface area contributed by atoms with E-state index in [0.717, 1.165) is 38.2 Å². The van der Waals surface area contributed by atoms with E-state index in [1.807, 2.05) is 17.0 Å².